The number of carbonyl (C=O) groups is 3. The van der Waals surface area contributed by atoms with Gasteiger partial charge < -0.3 is 14.2 Å². The third-order valence-electron chi connectivity index (χ3n) is 14.6. The summed E-state index contributed by atoms with van der Waals surface area (Å²) < 4.78 is 16.9. The summed E-state index contributed by atoms with van der Waals surface area (Å²) in [4.78, 5) is 38.3. The predicted molar refractivity (Wildman–Crippen MR) is 298 cm³/mol. The van der Waals surface area contributed by atoms with Crippen molar-refractivity contribution in [1.82, 2.24) is 0 Å². The van der Waals surface area contributed by atoms with Crippen molar-refractivity contribution >= 4 is 17.9 Å². The predicted octanol–water partition coefficient (Wildman–Crippen LogP) is 21.1. The third-order valence-corrected chi connectivity index (χ3v) is 14.6. The van der Waals surface area contributed by atoms with Crippen molar-refractivity contribution in [3.05, 3.63) is 0 Å². The molecule has 0 saturated carbocycles. The summed E-state index contributed by atoms with van der Waals surface area (Å²) in [5, 5.41) is 0. The zero-order valence-electron chi connectivity index (χ0n) is 47.1. The van der Waals surface area contributed by atoms with Crippen molar-refractivity contribution in [2.24, 2.45) is 0 Å². The summed E-state index contributed by atoms with van der Waals surface area (Å²) in [6.07, 6.45) is 66.7. The van der Waals surface area contributed by atoms with Gasteiger partial charge in [-0.05, 0) is 19.3 Å². The van der Waals surface area contributed by atoms with Crippen LogP contribution >= 0.6 is 0 Å². The molecule has 0 N–H and O–H groups in total. The molecule has 0 radical (unpaired) electrons. The lowest BCUT2D eigenvalue weighted by Crippen LogP contribution is -2.30. The first-order chi connectivity index (χ1) is 34.0. The van der Waals surface area contributed by atoms with Crippen LogP contribution in [0.2, 0.25) is 0 Å². The molecule has 0 fully saturated rings. The van der Waals surface area contributed by atoms with Crippen molar-refractivity contribution in [3.8, 4) is 0 Å². The zero-order valence-corrected chi connectivity index (χ0v) is 47.1. The molecule has 6 heteroatoms. The van der Waals surface area contributed by atoms with E-state index in [1.165, 1.54) is 270 Å². The van der Waals surface area contributed by atoms with Crippen LogP contribution in [0.4, 0.5) is 0 Å². The summed E-state index contributed by atoms with van der Waals surface area (Å²) in [7, 11) is 0. The smallest absolute Gasteiger partial charge is 0.306 e. The Balaban J connectivity index is 4.28. The largest absolute Gasteiger partial charge is 0.462 e. The first-order valence-electron chi connectivity index (χ1n) is 31.5. The van der Waals surface area contributed by atoms with Crippen LogP contribution in [-0.2, 0) is 28.6 Å². The Morgan fingerprint density at radius 1 is 0.232 bits per heavy atom. The Bertz CT molecular complexity index is 1030. The average Bonchev–Trinajstić information content (AvgIpc) is 3.35. The van der Waals surface area contributed by atoms with Gasteiger partial charge in [0.05, 0.1) is 0 Å². The Hall–Kier alpha value is -1.59. The molecule has 0 heterocycles. The quantitative estimate of drug-likeness (QED) is 0.0343. The summed E-state index contributed by atoms with van der Waals surface area (Å²) in [5.74, 6) is -0.825. The molecule has 0 aliphatic rings. The van der Waals surface area contributed by atoms with Gasteiger partial charge in [-0.25, -0.2) is 0 Å². The van der Waals surface area contributed by atoms with Crippen molar-refractivity contribution in [1.29, 1.82) is 0 Å². The van der Waals surface area contributed by atoms with Gasteiger partial charge in [0, 0.05) is 19.3 Å². The number of rotatable bonds is 59. The molecule has 0 aliphatic heterocycles. The maximum atomic E-state index is 12.9. The second kappa shape index (κ2) is 59.0. The minimum absolute atomic E-state index is 0.0606. The fourth-order valence-electron chi connectivity index (χ4n) is 9.86. The Morgan fingerprint density at radius 2 is 0.391 bits per heavy atom. The summed E-state index contributed by atoms with van der Waals surface area (Å²) in [6, 6.07) is 0. The van der Waals surface area contributed by atoms with E-state index in [2.05, 4.69) is 20.8 Å². The van der Waals surface area contributed by atoms with Gasteiger partial charge in [0.2, 0.25) is 0 Å². The molecule has 0 bridgehead atoms. The normalized spacial score (nSPS) is 11.9. The van der Waals surface area contributed by atoms with Crippen molar-refractivity contribution in [2.75, 3.05) is 13.2 Å². The summed E-state index contributed by atoms with van der Waals surface area (Å²) in [5.41, 5.74) is 0. The molecule has 0 aliphatic carbocycles. The molecule has 0 spiro atoms. The monoisotopic (exact) mass is 975 g/mol. The van der Waals surface area contributed by atoms with E-state index >= 15 is 0 Å². The lowest BCUT2D eigenvalue weighted by Gasteiger charge is -2.18. The maximum Gasteiger partial charge on any atom is 0.306 e. The van der Waals surface area contributed by atoms with Gasteiger partial charge in [-0.3, -0.25) is 14.4 Å². The van der Waals surface area contributed by atoms with Crippen LogP contribution in [0, 0.1) is 0 Å². The van der Waals surface area contributed by atoms with Crippen LogP contribution in [0.3, 0.4) is 0 Å². The van der Waals surface area contributed by atoms with E-state index in [9.17, 15) is 14.4 Å². The highest BCUT2D eigenvalue weighted by atomic mass is 16.6. The zero-order chi connectivity index (χ0) is 50.0. The molecule has 69 heavy (non-hydrogen) atoms. The molecule has 0 aromatic carbocycles. The van der Waals surface area contributed by atoms with E-state index in [1.807, 2.05) is 0 Å². The van der Waals surface area contributed by atoms with Crippen molar-refractivity contribution in [3.63, 3.8) is 0 Å². The van der Waals surface area contributed by atoms with Crippen molar-refractivity contribution < 1.29 is 28.6 Å². The number of hydrogen-bond acceptors (Lipinski definition) is 6. The van der Waals surface area contributed by atoms with Crippen LogP contribution < -0.4 is 0 Å². The van der Waals surface area contributed by atoms with Crippen LogP contribution in [0.25, 0.3) is 0 Å². The van der Waals surface area contributed by atoms with Crippen LogP contribution in [0.5, 0.6) is 0 Å². The molecule has 410 valence electrons. The van der Waals surface area contributed by atoms with E-state index in [0.717, 1.165) is 57.8 Å². The van der Waals surface area contributed by atoms with Crippen LogP contribution in [0.15, 0.2) is 0 Å². The number of esters is 3. The van der Waals surface area contributed by atoms with Gasteiger partial charge in [-0.1, -0.05) is 329 Å². The summed E-state index contributed by atoms with van der Waals surface area (Å²) >= 11 is 0. The van der Waals surface area contributed by atoms with Gasteiger partial charge in [0.25, 0.3) is 0 Å². The second-order valence-electron chi connectivity index (χ2n) is 21.7. The van der Waals surface area contributed by atoms with Crippen LogP contribution in [0.1, 0.15) is 367 Å². The van der Waals surface area contributed by atoms with Gasteiger partial charge in [-0.15, -0.1) is 0 Å². The van der Waals surface area contributed by atoms with E-state index in [4.69, 9.17) is 14.2 Å². The second-order valence-corrected chi connectivity index (χ2v) is 21.7. The fraction of sp³-hybridized carbons (Fsp3) is 0.952. The molecule has 0 unspecified atom stereocenters. The molecule has 0 aromatic rings. The molecule has 0 aromatic heterocycles. The third kappa shape index (κ3) is 57.2. The maximum absolute atomic E-state index is 12.9. The van der Waals surface area contributed by atoms with Gasteiger partial charge >= 0.3 is 17.9 Å². The standard InChI is InChI=1S/C63H122O6/c1-4-7-10-13-16-19-22-25-28-30-31-33-36-39-42-45-48-51-54-57-63(66)69-60(58-67-61(64)55-52-49-46-43-40-37-34-27-24-21-18-15-12-9-6-3)59-68-62(65)56-53-50-47-44-41-38-35-32-29-26-23-20-17-14-11-8-5-2/h60H,4-59H2,1-3H3/t60-/m1/s1. The van der Waals surface area contributed by atoms with Crippen LogP contribution in [-0.4, -0.2) is 37.2 Å². The Kier molecular flexibility index (Phi) is 57.6. The molecule has 6 nitrogen and oxygen atoms in total. The number of carbonyl (C=O) groups excluding carboxylic acids is 3. The highest BCUT2D eigenvalue weighted by molar-refractivity contribution is 5.71. The van der Waals surface area contributed by atoms with E-state index in [-0.39, 0.29) is 31.1 Å². The molecule has 0 saturated heterocycles. The lowest BCUT2D eigenvalue weighted by atomic mass is 10.0. The molecule has 1 atom stereocenters. The highest BCUT2D eigenvalue weighted by Crippen LogP contribution is 2.18. The summed E-state index contributed by atoms with van der Waals surface area (Å²) in [6.45, 7) is 6.73. The van der Waals surface area contributed by atoms with E-state index < -0.39 is 6.10 Å². The molecular weight excluding hydrogens is 853 g/mol. The minimum atomic E-state index is -0.762. The Labute approximate surface area is 431 Å². The number of ether oxygens (including phenoxy) is 3. The van der Waals surface area contributed by atoms with Gasteiger partial charge in [0.1, 0.15) is 13.2 Å². The highest BCUT2D eigenvalue weighted by Gasteiger charge is 2.19. The molecule has 0 amide bonds. The van der Waals surface area contributed by atoms with E-state index in [0.29, 0.717) is 19.3 Å². The number of hydrogen-bond donors (Lipinski definition) is 0. The topological polar surface area (TPSA) is 78.9 Å². The lowest BCUT2D eigenvalue weighted by molar-refractivity contribution is -0.167. The first-order valence-corrected chi connectivity index (χ1v) is 31.5. The Morgan fingerprint density at radius 3 is 0.580 bits per heavy atom. The average molecular weight is 976 g/mol. The SMILES string of the molecule is CCCCCCCCCCCCCCCCCCCCCC(=O)O[C@H](COC(=O)CCCCCCCCCCCCCCCCC)COC(=O)CCCCCCCCCCCCCCCCCCC. The fourth-order valence-corrected chi connectivity index (χ4v) is 9.86. The molecule has 0 rings (SSSR count). The number of unbranched alkanes of at least 4 members (excludes halogenated alkanes) is 48. The van der Waals surface area contributed by atoms with Gasteiger partial charge in [0.15, 0.2) is 6.10 Å². The van der Waals surface area contributed by atoms with Gasteiger partial charge in [-0.2, -0.15) is 0 Å². The van der Waals surface area contributed by atoms with Crippen molar-refractivity contribution in [2.45, 2.75) is 374 Å². The minimum Gasteiger partial charge on any atom is -0.462 e. The molecular formula is C63H122O6. The van der Waals surface area contributed by atoms with E-state index in [1.54, 1.807) is 0 Å². The first kappa shape index (κ1) is 67.4.